The van der Waals surface area contributed by atoms with Crippen molar-refractivity contribution < 1.29 is 19.1 Å². The summed E-state index contributed by atoms with van der Waals surface area (Å²) < 4.78 is 11.8. The maximum Gasteiger partial charge on any atom is 0.408 e. The summed E-state index contributed by atoms with van der Waals surface area (Å²) in [5.74, 6) is -0.444. The van der Waals surface area contributed by atoms with Crippen LogP contribution in [0.25, 0.3) is 10.2 Å². The van der Waals surface area contributed by atoms with Gasteiger partial charge in [0.1, 0.15) is 11.0 Å². The molecule has 1 aromatic heterocycles. The van der Waals surface area contributed by atoms with Gasteiger partial charge in [-0.1, -0.05) is 31.9 Å². The van der Waals surface area contributed by atoms with Crippen molar-refractivity contribution >= 4 is 33.6 Å². The number of aromatic nitrogens is 1. The molecular weight excluding hydrogens is 364 g/mol. The van der Waals surface area contributed by atoms with E-state index < -0.39 is 23.7 Å². The van der Waals surface area contributed by atoms with Gasteiger partial charge in [-0.2, -0.15) is 0 Å². The lowest BCUT2D eigenvalue weighted by Gasteiger charge is -2.28. The molecule has 7 heteroatoms. The average molecular weight is 391 g/mol. The molecule has 146 valence electrons. The van der Waals surface area contributed by atoms with Crippen LogP contribution in [0, 0.1) is 0 Å². The molecule has 0 aliphatic heterocycles. The molecule has 0 radical (unpaired) electrons. The first-order chi connectivity index (χ1) is 13.1. The van der Waals surface area contributed by atoms with Crippen molar-refractivity contribution in [3.05, 3.63) is 29.3 Å². The molecule has 1 fully saturated rings. The molecule has 1 aliphatic carbocycles. The lowest BCUT2D eigenvalue weighted by atomic mass is 10.0. The lowest BCUT2D eigenvalue weighted by Crippen LogP contribution is -2.44. The van der Waals surface area contributed by atoms with Gasteiger partial charge in [-0.15, -0.1) is 11.3 Å². The van der Waals surface area contributed by atoms with Crippen molar-refractivity contribution in [2.24, 2.45) is 0 Å². The SMILES string of the molecule is CCCC[C@H](NC(=O)OC1(c2nc3ccccc3s2)CCCC1)C(=O)OC. The van der Waals surface area contributed by atoms with Crippen molar-refractivity contribution in [2.75, 3.05) is 7.11 Å². The number of carbonyl (C=O) groups is 2. The Kier molecular flexibility index (Phi) is 6.31. The standard InChI is InChI=1S/C20H26N2O4S/c1-3-4-9-15(17(23)25-2)22-19(24)26-20(12-7-8-13-20)18-21-14-10-5-6-11-16(14)27-18/h5-6,10-11,15H,3-4,7-9,12-13H2,1-2H3,(H,22,24)/t15-/m0/s1. The van der Waals surface area contributed by atoms with Crippen LogP contribution >= 0.6 is 11.3 Å². The Morgan fingerprint density at radius 2 is 2.04 bits per heavy atom. The number of esters is 1. The molecule has 6 nitrogen and oxygen atoms in total. The summed E-state index contributed by atoms with van der Waals surface area (Å²) in [4.78, 5) is 29.3. The van der Waals surface area contributed by atoms with Crippen LogP contribution in [0.2, 0.25) is 0 Å². The van der Waals surface area contributed by atoms with Crippen LogP contribution in [-0.4, -0.2) is 30.2 Å². The van der Waals surface area contributed by atoms with Crippen molar-refractivity contribution in [1.82, 2.24) is 10.3 Å². The van der Waals surface area contributed by atoms with Gasteiger partial charge in [0.25, 0.3) is 0 Å². The van der Waals surface area contributed by atoms with E-state index >= 15 is 0 Å². The number of fused-ring (bicyclic) bond motifs is 1. The fourth-order valence-electron chi connectivity index (χ4n) is 3.52. The summed E-state index contributed by atoms with van der Waals surface area (Å²) in [7, 11) is 1.33. The Balaban J connectivity index is 1.77. The first-order valence-corrected chi connectivity index (χ1v) is 10.3. The smallest absolute Gasteiger partial charge is 0.408 e. The molecule has 1 aliphatic rings. The van der Waals surface area contributed by atoms with Crippen LogP contribution < -0.4 is 5.32 Å². The van der Waals surface area contributed by atoms with E-state index in [0.29, 0.717) is 6.42 Å². The van der Waals surface area contributed by atoms with Gasteiger partial charge >= 0.3 is 12.1 Å². The lowest BCUT2D eigenvalue weighted by molar-refractivity contribution is -0.143. The largest absolute Gasteiger partial charge is 0.467 e. The summed E-state index contributed by atoms with van der Waals surface area (Å²) >= 11 is 1.57. The topological polar surface area (TPSA) is 77.5 Å². The van der Waals surface area contributed by atoms with Gasteiger partial charge in [0.15, 0.2) is 5.60 Å². The third kappa shape index (κ3) is 4.40. The van der Waals surface area contributed by atoms with Crippen LogP contribution in [-0.2, 0) is 19.9 Å². The Bertz CT molecular complexity index is 765. The number of nitrogens with one attached hydrogen (secondary N) is 1. The zero-order chi connectivity index (χ0) is 19.3. The van der Waals surface area contributed by atoms with Gasteiger partial charge in [-0.25, -0.2) is 14.6 Å². The number of ether oxygens (including phenoxy) is 2. The summed E-state index contributed by atoms with van der Waals surface area (Å²) in [6.07, 6.45) is 5.17. The van der Waals surface area contributed by atoms with Crippen LogP contribution in [0.3, 0.4) is 0 Å². The number of amides is 1. The van der Waals surface area contributed by atoms with E-state index in [2.05, 4.69) is 5.32 Å². The molecule has 3 rings (SSSR count). The minimum atomic E-state index is -0.709. The van der Waals surface area contributed by atoms with E-state index in [0.717, 1.165) is 53.7 Å². The first-order valence-electron chi connectivity index (χ1n) is 9.51. The number of carbonyl (C=O) groups excluding carboxylic acids is 2. The van der Waals surface area contributed by atoms with Crippen molar-refractivity contribution in [2.45, 2.75) is 63.5 Å². The summed E-state index contributed by atoms with van der Waals surface area (Å²) in [6, 6.07) is 7.24. The molecule has 2 aromatic rings. The molecule has 0 saturated heterocycles. The second-order valence-electron chi connectivity index (χ2n) is 6.94. The molecular formula is C20H26N2O4S. The van der Waals surface area contributed by atoms with E-state index in [1.54, 1.807) is 11.3 Å². The van der Waals surface area contributed by atoms with Crippen LogP contribution in [0.15, 0.2) is 24.3 Å². The highest BCUT2D eigenvalue weighted by Gasteiger charge is 2.43. The molecule has 1 amide bonds. The summed E-state index contributed by atoms with van der Waals surface area (Å²) in [5, 5.41) is 3.53. The minimum absolute atomic E-state index is 0.444. The highest BCUT2D eigenvalue weighted by molar-refractivity contribution is 7.18. The fraction of sp³-hybridized carbons (Fsp3) is 0.550. The predicted molar refractivity (Wildman–Crippen MR) is 105 cm³/mol. The molecule has 1 heterocycles. The molecule has 1 saturated carbocycles. The van der Waals surface area contributed by atoms with Gasteiger partial charge in [-0.05, 0) is 44.2 Å². The number of rotatable bonds is 7. The number of alkyl carbamates (subject to hydrolysis) is 1. The van der Waals surface area contributed by atoms with Gasteiger partial charge in [-0.3, -0.25) is 0 Å². The van der Waals surface area contributed by atoms with Crippen molar-refractivity contribution in [3.8, 4) is 0 Å². The zero-order valence-corrected chi connectivity index (χ0v) is 16.6. The van der Waals surface area contributed by atoms with E-state index in [9.17, 15) is 9.59 Å². The monoisotopic (exact) mass is 390 g/mol. The van der Waals surface area contributed by atoms with Gasteiger partial charge in [0.05, 0.1) is 17.3 Å². The highest BCUT2D eigenvalue weighted by atomic mass is 32.1. The van der Waals surface area contributed by atoms with E-state index in [1.165, 1.54) is 7.11 Å². The van der Waals surface area contributed by atoms with E-state index in [-0.39, 0.29) is 0 Å². The number of thiazole rings is 1. The Labute approximate surface area is 163 Å². The number of hydrogen-bond acceptors (Lipinski definition) is 6. The molecule has 0 spiro atoms. The molecule has 1 atom stereocenters. The first kappa shape index (κ1) is 19.6. The second-order valence-corrected chi connectivity index (χ2v) is 7.97. The van der Waals surface area contributed by atoms with E-state index in [1.807, 2.05) is 31.2 Å². The fourth-order valence-corrected chi connectivity index (χ4v) is 4.67. The quantitative estimate of drug-likeness (QED) is 0.703. The van der Waals surface area contributed by atoms with Crippen LogP contribution in [0.5, 0.6) is 0 Å². The normalized spacial score (nSPS) is 16.8. The molecule has 0 bridgehead atoms. The van der Waals surface area contributed by atoms with Gasteiger partial charge in [0, 0.05) is 0 Å². The number of methoxy groups -OCH3 is 1. The average Bonchev–Trinajstić information content (AvgIpc) is 3.32. The van der Waals surface area contributed by atoms with Crippen LogP contribution in [0.4, 0.5) is 4.79 Å². The van der Waals surface area contributed by atoms with Crippen LogP contribution in [0.1, 0.15) is 56.9 Å². The molecule has 1 N–H and O–H groups in total. The third-order valence-electron chi connectivity index (χ3n) is 5.01. The van der Waals surface area contributed by atoms with Crippen molar-refractivity contribution in [3.63, 3.8) is 0 Å². The van der Waals surface area contributed by atoms with Gasteiger partial charge < -0.3 is 14.8 Å². The molecule has 0 unspecified atom stereocenters. The Morgan fingerprint density at radius 1 is 1.30 bits per heavy atom. The minimum Gasteiger partial charge on any atom is -0.467 e. The number of unbranched alkanes of at least 4 members (excludes halogenated alkanes) is 1. The second kappa shape index (κ2) is 8.69. The molecule has 1 aromatic carbocycles. The summed E-state index contributed by atoms with van der Waals surface area (Å²) in [5.41, 5.74) is 0.210. The number of hydrogen-bond donors (Lipinski definition) is 1. The van der Waals surface area contributed by atoms with Gasteiger partial charge in [0.2, 0.25) is 0 Å². The Hall–Kier alpha value is -2.15. The highest BCUT2D eigenvalue weighted by Crippen LogP contribution is 2.44. The molecule has 27 heavy (non-hydrogen) atoms. The van der Waals surface area contributed by atoms with Crippen molar-refractivity contribution in [1.29, 1.82) is 0 Å². The number of para-hydroxylation sites is 1. The Morgan fingerprint density at radius 3 is 2.70 bits per heavy atom. The maximum atomic E-state index is 12.6. The maximum absolute atomic E-state index is 12.6. The van der Waals surface area contributed by atoms with E-state index in [4.69, 9.17) is 14.5 Å². The third-order valence-corrected chi connectivity index (χ3v) is 6.23. The number of benzene rings is 1. The number of nitrogens with zero attached hydrogens (tertiary/aromatic N) is 1. The zero-order valence-electron chi connectivity index (χ0n) is 15.8. The summed E-state index contributed by atoms with van der Waals surface area (Å²) in [6.45, 7) is 2.04. The predicted octanol–water partition coefficient (Wildman–Crippen LogP) is 4.52.